The smallest absolute Gasteiger partial charge is 0.250 e. The average molecular weight is 259 g/mol. The lowest BCUT2D eigenvalue weighted by Gasteiger charge is -2.10. The number of aromatic nitrogens is 1. The molecule has 1 heterocycles. The Labute approximate surface area is 110 Å². The zero-order valence-corrected chi connectivity index (χ0v) is 10.3. The minimum atomic E-state index is -0.541. The molecule has 0 aliphatic carbocycles. The number of pyridine rings is 1. The van der Waals surface area contributed by atoms with Gasteiger partial charge in [-0.1, -0.05) is 0 Å². The molecule has 98 valence electrons. The fourth-order valence-electron chi connectivity index (χ4n) is 1.47. The third-order valence-corrected chi connectivity index (χ3v) is 2.42. The van der Waals surface area contributed by atoms with E-state index >= 15 is 0 Å². The molecule has 6 nitrogen and oxygen atoms in total. The molecule has 0 spiro atoms. The number of primary amides is 1. The van der Waals surface area contributed by atoms with Gasteiger partial charge in [-0.15, -0.1) is 0 Å². The number of amides is 1. The second-order valence-corrected chi connectivity index (χ2v) is 3.76. The van der Waals surface area contributed by atoms with E-state index in [4.69, 9.17) is 20.9 Å². The van der Waals surface area contributed by atoms with E-state index < -0.39 is 5.91 Å². The van der Waals surface area contributed by atoms with E-state index in [1.165, 1.54) is 19.4 Å². The van der Waals surface area contributed by atoms with Gasteiger partial charge in [-0.05, 0) is 18.2 Å². The third kappa shape index (κ3) is 2.92. The summed E-state index contributed by atoms with van der Waals surface area (Å²) in [5.41, 5.74) is 11.7. The molecule has 1 amide bonds. The zero-order chi connectivity index (χ0) is 13.8. The summed E-state index contributed by atoms with van der Waals surface area (Å²) in [6.45, 7) is 0. The molecule has 0 aliphatic rings. The molecule has 0 aliphatic heterocycles. The molecule has 2 aromatic rings. The maximum absolute atomic E-state index is 10.9. The summed E-state index contributed by atoms with van der Waals surface area (Å²) >= 11 is 0. The van der Waals surface area contributed by atoms with Gasteiger partial charge in [0.2, 0.25) is 11.8 Å². The predicted octanol–water partition coefficient (Wildman–Crippen LogP) is 1.56. The summed E-state index contributed by atoms with van der Waals surface area (Å²) in [4.78, 5) is 14.9. The molecule has 0 bridgehead atoms. The van der Waals surface area contributed by atoms with Crippen LogP contribution in [0.5, 0.6) is 17.4 Å². The molecule has 6 heteroatoms. The van der Waals surface area contributed by atoms with Crippen molar-refractivity contribution in [1.82, 2.24) is 4.98 Å². The van der Waals surface area contributed by atoms with Gasteiger partial charge in [-0.3, -0.25) is 4.79 Å². The van der Waals surface area contributed by atoms with Gasteiger partial charge in [0.15, 0.2) is 11.5 Å². The summed E-state index contributed by atoms with van der Waals surface area (Å²) in [6, 6.07) is 8.10. The van der Waals surface area contributed by atoms with Gasteiger partial charge in [-0.25, -0.2) is 4.98 Å². The van der Waals surface area contributed by atoms with Crippen molar-refractivity contribution in [1.29, 1.82) is 0 Å². The van der Waals surface area contributed by atoms with Crippen LogP contribution < -0.4 is 20.9 Å². The lowest BCUT2D eigenvalue weighted by molar-refractivity contribution is 0.1000. The monoisotopic (exact) mass is 259 g/mol. The second kappa shape index (κ2) is 5.26. The fraction of sp³-hybridized carbons (Fsp3) is 0.0769. The number of nitrogens with zero attached hydrogens (tertiary/aromatic N) is 1. The van der Waals surface area contributed by atoms with Crippen LogP contribution in [-0.2, 0) is 0 Å². The van der Waals surface area contributed by atoms with Gasteiger partial charge in [0.1, 0.15) is 0 Å². The van der Waals surface area contributed by atoms with E-state index in [0.29, 0.717) is 28.6 Å². The van der Waals surface area contributed by atoms with Gasteiger partial charge in [0.25, 0.3) is 0 Å². The van der Waals surface area contributed by atoms with E-state index in [2.05, 4.69) is 4.98 Å². The van der Waals surface area contributed by atoms with Gasteiger partial charge in [0.05, 0.1) is 12.7 Å². The highest BCUT2D eigenvalue weighted by Crippen LogP contribution is 2.32. The average Bonchev–Trinajstić information content (AvgIpc) is 2.39. The Morgan fingerprint density at radius 3 is 2.58 bits per heavy atom. The number of ether oxygens (including phenoxy) is 2. The van der Waals surface area contributed by atoms with Crippen molar-refractivity contribution < 1.29 is 14.3 Å². The molecular weight excluding hydrogens is 246 g/mol. The van der Waals surface area contributed by atoms with Crippen LogP contribution in [0.4, 0.5) is 5.69 Å². The van der Waals surface area contributed by atoms with Crippen LogP contribution in [0.15, 0.2) is 36.5 Å². The summed E-state index contributed by atoms with van der Waals surface area (Å²) in [7, 11) is 1.53. The third-order valence-electron chi connectivity index (χ3n) is 2.42. The molecule has 1 aromatic heterocycles. The normalized spacial score (nSPS) is 9.95. The van der Waals surface area contributed by atoms with E-state index in [1.807, 2.05) is 0 Å². The van der Waals surface area contributed by atoms with E-state index in [9.17, 15) is 4.79 Å². The topological polar surface area (TPSA) is 100 Å². The molecule has 4 N–H and O–H groups in total. The highest BCUT2D eigenvalue weighted by molar-refractivity contribution is 5.92. The van der Waals surface area contributed by atoms with Gasteiger partial charge >= 0.3 is 0 Å². The summed E-state index contributed by atoms with van der Waals surface area (Å²) < 4.78 is 10.7. The lowest BCUT2D eigenvalue weighted by atomic mass is 10.2. The van der Waals surface area contributed by atoms with Crippen LogP contribution in [0.2, 0.25) is 0 Å². The number of nitrogens with two attached hydrogens (primary N) is 2. The Balaban J connectivity index is 2.25. The maximum Gasteiger partial charge on any atom is 0.250 e. The Morgan fingerprint density at radius 2 is 2.00 bits per heavy atom. The lowest BCUT2D eigenvalue weighted by Crippen LogP contribution is -2.10. The Hall–Kier alpha value is -2.76. The van der Waals surface area contributed by atoms with Gasteiger partial charge in [-0.2, -0.15) is 0 Å². The number of benzene rings is 1. The molecule has 0 unspecified atom stereocenters. The minimum Gasteiger partial charge on any atom is -0.493 e. The number of carbonyl (C=O) groups excluding carboxylic acids is 1. The van der Waals surface area contributed by atoms with Crippen LogP contribution in [0.3, 0.4) is 0 Å². The van der Waals surface area contributed by atoms with E-state index in [1.54, 1.807) is 24.3 Å². The first kappa shape index (κ1) is 12.7. The van der Waals surface area contributed by atoms with E-state index in [0.717, 1.165) is 0 Å². The van der Waals surface area contributed by atoms with E-state index in [-0.39, 0.29) is 0 Å². The van der Waals surface area contributed by atoms with Crippen LogP contribution in [0, 0.1) is 0 Å². The number of carbonyl (C=O) groups is 1. The van der Waals surface area contributed by atoms with Crippen molar-refractivity contribution in [2.24, 2.45) is 5.73 Å². The van der Waals surface area contributed by atoms with Crippen LogP contribution in [0.1, 0.15) is 10.4 Å². The fourth-order valence-corrected chi connectivity index (χ4v) is 1.47. The summed E-state index contributed by atoms with van der Waals surface area (Å²) in [5.74, 6) is 0.756. The van der Waals surface area contributed by atoms with Crippen molar-refractivity contribution in [3.05, 3.63) is 42.1 Å². The van der Waals surface area contributed by atoms with Crippen LogP contribution in [0.25, 0.3) is 0 Å². The first-order valence-corrected chi connectivity index (χ1v) is 5.47. The molecule has 2 rings (SSSR count). The van der Waals surface area contributed by atoms with Crippen molar-refractivity contribution >= 4 is 11.6 Å². The van der Waals surface area contributed by atoms with Gasteiger partial charge < -0.3 is 20.9 Å². The minimum absolute atomic E-state index is 0.312. The largest absolute Gasteiger partial charge is 0.493 e. The van der Waals surface area contributed by atoms with Gasteiger partial charge in [0, 0.05) is 24.0 Å². The molecule has 0 radical (unpaired) electrons. The molecule has 0 saturated carbocycles. The van der Waals surface area contributed by atoms with Crippen LogP contribution >= 0.6 is 0 Å². The molecule has 0 atom stereocenters. The first-order chi connectivity index (χ1) is 9.10. The number of anilines is 1. The standard InChI is InChI=1S/C13H13N3O3/c1-18-10-4-3-9(14)6-11(10)19-12-5-2-8(7-16-12)13(15)17/h2-7H,14H2,1H3,(H2,15,17). The van der Waals surface area contributed by atoms with Crippen LogP contribution in [-0.4, -0.2) is 18.0 Å². The second-order valence-electron chi connectivity index (χ2n) is 3.76. The quantitative estimate of drug-likeness (QED) is 0.811. The molecule has 1 aromatic carbocycles. The van der Waals surface area contributed by atoms with Crippen molar-refractivity contribution in [2.45, 2.75) is 0 Å². The summed E-state index contributed by atoms with van der Waals surface area (Å²) in [5, 5.41) is 0. The Kier molecular flexibility index (Phi) is 3.51. The zero-order valence-electron chi connectivity index (χ0n) is 10.3. The van der Waals surface area contributed by atoms with Crippen molar-refractivity contribution in [3.8, 4) is 17.4 Å². The predicted molar refractivity (Wildman–Crippen MR) is 70.2 cm³/mol. The number of hydrogen-bond donors (Lipinski definition) is 2. The molecule has 0 fully saturated rings. The number of hydrogen-bond acceptors (Lipinski definition) is 5. The summed E-state index contributed by atoms with van der Waals surface area (Å²) in [6.07, 6.45) is 1.34. The number of rotatable bonds is 4. The highest BCUT2D eigenvalue weighted by atomic mass is 16.5. The maximum atomic E-state index is 10.9. The Morgan fingerprint density at radius 1 is 1.21 bits per heavy atom. The number of methoxy groups -OCH3 is 1. The Bertz CT molecular complexity index is 597. The number of nitrogen functional groups attached to an aromatic ring is 1. The SMILES string of the molecule is COc1ccc(N)cc1Oc1ccc(C(N)=O)cn1. The van der Waals surface area contributed by atoms with Crippen molar-refractivity contribution in [2.75, 3.05) is 12.8 Å². The molecule has 19 heavy (non-hydrogen) atoms. The highest BCUT2D eigenvalue weighted by Gasteiger charge is 2.08. The first-order valence-electron chi connectivity index (χ1n) is 5.47. The van der Waals surface area contributed by atoms with Crippen molar-refractivity contribution in [3.63, 3.8) is 0 Å². The molecule has 0 saturated heterocycles. The molecular formula is C13H13N3O3.